The van der Waals surface area contributed by atoms with Gasteiger partial charge in [-0.05, 0) is 18.5 Å². The lowest BCUT2D eigenvalue weighted by atomic mass is 9.88. The summed E-state index contributed by atoms with van der Waals surface area (Å²) in [6, 6.07) is -0.410. The molecule has 1 aliphatic rings. The van der Waals surface area contributed by atoms with Crippen molar-refractivity contribution in [1.29, 1.82) is 0 Å². The molecule has 0 fully saturated rings. The SMILES string of the molecule is CCCCCCN[C@@H]1C=C(CO)C(O)[C@H](O)C1O. The van der Waals surface area contributed by atoms with Crippen LogP contribution in [0.15, 0.2) is 11.6 Å². The highest BCUT2D eigenvalue weighted by Crippen LogP contribution is 2.20. The van der Waals surface area contributed by atoms with Gasteiger partial charge in [0.25, 0.3) is 0 Å². The summed E-state index contributed by atoms with van der Waals surface area (Å²) in [5, 5.41) is 41.3. The van der Waals surface area contributed by atoms with E-state index < -0.39 is 24.4 Å². The number of unbranched alkanes of at least 4 members (excludes halogenated alkanes) is 3. The first-order valence-corrected chi connectivity index (χ1v) is 6.70. The van der Waals surface area contributed by atoms with Crippen LogP contribution in [0.25, 0.3) is 0 Å². The molecule has 0 amide bonds. The van der Waals surface area contributed by atoms with E-state index in [2.05, 4.69) is 12.2 Å². The van der Waals surface area contributed by atoms with Gasteiger partial charge >= 0.3 is 0 Å². The molecule has 5 nitrogen and oxygen atoms in total. The Labute approximate surface area is 108 Å². The van der Waals surface area contributed by atoms with Crippen LogP contribution in [0.4, 0.5) is 0 Å². The van der Waals surface area contributed by atoms with Crippen LogP contribution in [0.5, 0.6) is 0 Å². The van der Waals surface area contributed by atoms with Crippen LogP contribution in [0.1, 0.15) is 32.6 Å². The van der Waals surface area contributed by atoms with Crippen molar-refractivity contribution in [3.8, 4) is 0 Å². The maximum atomic E-state index is 9.83. The third-order valence-electron chi connectivity index (χ3n) is 3.41. The van der Waals surface area contributed by atoms with Gasteiger partial charge < -0.3 is 25.7 Å². The zero-order valence-electron chi connectivity index (χ0n) is 10.9. The topological polar surface area (TPSA) is 93.0 Å². The standard InChI is InChI=1S/C13H25NO4/c1-2-3-4-5-6-14-10-7-9(8-15)11(16)13(18)12(10)17/h7,10-18H,2-6,8H2,1H3/t10-,11?,12?,13+/m1/s1. The van der Waals surface area contributed by atoms with Crippen LogP contribution in [0, 0.1) is 0 Å². The Morgan fingerprint density at radius 1 is 1.11 bits per heavy atom. The van der Waals surface area contributed by atoms with E-state index in [1.54, 1.807) is 6.08 Å². The largest absolute Gasteiger partial charge is 0.392 e. The van der Waals surface area contributed by atoms with Crippen LogP contribution in [0.3, 0.4) is 0 Å². The van der Waals surface area contributed by atoms with Crippen molar-refractivity contribution >= 4 is 0 Å². The molecule has 1 aliphatic carbocycles. The van der Waals surface area contributed by atoms with Gasteiger partial charge in [-0.15, -0.1) is 0 Å². The van der Waals surface area contributed by atoms with Crippen LogP contribution in [-0.2, 0) is 0 Å². The first-order valence-electron chi connectivity index (χ1n) is 6.70. The van der Waals surface area contributed by atoms with E-state index >= 15 is 0 Å². The molecule has 18 heavy (non-hydrogen) atoms. The molecule has 5 heteroatoms. The predicted octanol–water partition coefficient (Wildman–Crippen LogP) is -0.460. The molecule has 5 N–H and O–H groups in total. The molecule has 0 saturated carbocycles. The van der Waals surface area contributed by atoms with Crippen LogP contribution in [0.2, 0.25) is 0 Å². The van der Waals surface area contributed by atoms with Gasteiger partial charge in [-0.3, -0.25) is 0 Å². The molecule has 4 atom stereocenters. The molecule has 1 rings (SSSR count). The van der Waals surface area contributed by atoms with E-state index in [0.717, 1.165) is 19.4 Å². The summed E-state index contributed by atoms with van der Waals surface area (Å²) in [7, 11) is 0. The van der Waals surface area contributed by atoms with E-state index in [1.165, 1.54) is 12.8 Å². The van der Waals surface area contributed by atoms with E-state index in [-0.39, 0.29) is 6.61 Å². The number of aliphatic hydroxyl groups is 4. The van der Waals surface area contributed by atoms with Gasteiger partial charge in [-0.25, -0.2) is 0 Å². The van der Waals surface area contributed by atoms with Crippen molar-refractivity contribution in [2.24, 2.45) is 0 Å². The minimum Gasteiger partial charge on any atom is -0.392 e. The van der Waals surface area contributed by atoms with Gasteiger partial charge in [0.1, 0.15) is 18.3 Å². The average Bonchev–Trinajstić information content (AvgIpc) is 2.38. The molecule has 0 bridgehead atoms. The number of aliphatic hydroxyl groups excluding tert-OH is 4. The van der Waals surface area contributed by atoms with Gasteiger partial charge in [-0.2, -0.15) is 0 Å². The van der Waals surface area contributed by atoms with E-state index in [4.69, 9.17) is 5.11 Å². The Kier molecular flexibility index (Phi) is 6.81. The molecule has 0 aliphatic heterocycles. The van der Waals surface area contributed by atoms with Crippen molar-refractivity contribution in [2.45, 2.75) is 57.0 Å². The van der Waals surface area contributed by atoms with Crippen molar-refractivity contribution in [3.63, 3.8) is 0 Å². The van der Waals surface area contributed by atoms with Gasteiger partial charge in [-0.1, -0.05) is 32.3 Å². The maximum absolute atomic E-state index is 9.83. The first-order chi connectivity index (χ1) is 8.61. The first kappa shape index (κ1) is 15.6. The maximum Gasteiger partial charge on any atom is 0.111 e. The second-order valence-corrected chi connectivity index (χ2v) is 4.87. The molecule has 0 aromatic heterocycles. The molecular formula is C13H25NO4. The quantitative estimate of drug-likeness (QED) is 0.315. The second kappa shape index (κ2) is 7.86. The minimum atomic E-state index is -1.25. The summed E-state index contributed by atoms with van der Waals surface area (Å²) in [4.78, 5) is 0. The Morgan fingerprint density at radius 2 is 1.83 bits per heavy atom. The molecular weight excluding hydrogens is 234 g/mol. The van der Waals surface area contributed by atoms with Gasteiger partial charge in [0.2, 0.25) is 0 Å². The molecule has 0 radical (unpaired) electrons. The average molecular weight is 259 g/mol. The Morgan fingerprint density at radius 3 is 2.44 bits per heavy atom. The molecule has 2 unspecified atom stereocenters. The minimum absolute atomic E-state index is 0.307. The zero-order valence-corrected chi connectivity index (χ0v) is 10.9. The Bertz CT molecular complexity index is 270. The van der Waals surface area contributed by atoms with E-state index in [9.17, 15) is 15.3 Å². The Balaban J connectivity index is 2.45. The smallest absolute Gasteiger partial charge is 0.111 e. The van der Waals surface area contributed by atoms with Crippen LogP contribution >= 0.6 is 0 Å². The molecule has 0 aromatic rings. The van der Waals surface area contributed by atoms with E-state index in [0.29, 0.717) is 5.57 Å². The summed E-state index contributed by atoms with van der Waals surface area (Å²) in [6.45, 7) is 2.59. The van der Waals surface area contributed by atoms with Crippen LogP contribution < -0.4 is 5.32 Å². The lowest BCUT2D eigenvalue weighted by Gasteiger charge is -2.34. The Hall–Kier alpha value is -0.460. The van der Waals surface area contributed by atoms with Gasteiger partial charge in [0.15, 0.2) is 0 Å². The summed E-state index contributed by atoms with van der Waals surface area (Å²) in [6.07, 6.45) is 2.66. The molecule has 0 saturated heterocycles. The molecule has 0 heterocycles. The lowest BCUT2D eigenvalue weighted by molar-refractivity contribution is -0.0641. The fourth-order valence-electron chi connectivity index (χ4n) is 2.19. The summed E-state index contributed by atoms with van der Waals surface area (Å²) >= 11 is 0. The summed E-state index contributed by atoms with van der Waals surface area (Å²) < 4.78 is 0. The van der Waals surface area contributed by atoms with Crippen molar-refractivity contribution in [3.05, 3.63) is 11.6 Å². The third kappa shape index (κ3) is 4.03. The number of hydrogen-bond donors (Lipinski definition) is 5. The van der Waals surface area contributed by atoms with Crippen molar-refractivity contribution < 1.29 is 20.4 Å². The fourth-order valence-corrected chi connectivity index (χ4v) is 2.19. The third-order valence-corrected chi connectivity index (χ3v) is 3.41. The number of hydrogen-bond acceptors (Lipinski definition) is 5. The predicted molar refractivity (Wildman–Crippen MR) is 69.1 cm³/mol. The second-order valence-electron chi connectivity index (χ2n) is 4.87. The zero-order chi connectivity index (χ0) is 13.5. The normalized spacial score (nSPS) is 32.4. The summed E-state index contributed by atoms with van der Waals surface area (Å²) in [5.74, 6) is 0. The van der Waals surface area contributed by atoms with Gasteiger partial charge in [0, 0.05) is 0 Å². The van der Waals surface area contributed by atoms with Crippen molar-refractivity contribution in [1.82, 2.24) is 5.32 Å². The number of rotatable bonds is 7. The highest BCUT2D eigenvalue weighted by Gasteiger charge is 2.36. The number of nitrogens with one attached hydrogen (secondary N) is 1. The molecule has 0 aromatic carbocycles. The fraction of sp³-hybridized carbons (Fsp3) is 0.846. The van der Waals surface area contributed by atoms with Crippen molar-refractivity contribution in [2.75, 3.05) is 13.2 Å². The molecule has 0 spiro atoms. The summed E-state index contributed by atoms with van der Waals surface area (Å²) in [5.41, 5.74) is 0.360. The highest BCUT2D eigenvalue weighted by molar-refractivity contribution is 5.21. The van der Waals surface area contributed by atoms with Gasteiger partial charge in [0.05, 0.1) is 12.6 Å². The monoisotopic (exact) mass is 259 g/mol. The molecule has 106 valence electrons. The van der Waals surface area contributed by atoms with E-state index in [1.807, 2.05) is 0 Å². The lowest BCUT2D eigenvalue weighted by Crippen LogP contribution is -2.54. The highest BCUT2D eigenvalue weighted by atomic mass is 16.4. The van der Waals surface area contributed by atoms with Crippen LogP contribution in [-0.4, -0.2) is 57.9 Å².